The molecule has 4 amide bonds. The van der Waals surface area contributed by atoms with E-state index in [0.717, 1.165) is 16.9 Å². The maximum absolute atomic E-state index is 13.2. The van der Waals surface area contributed by atoms with Gasteiger partial charge in [0.1, 0.15) is 12.2 Å². The number of rotatable bonds is 8. The SMILES string of the molecule is CCc1ccc(N2C(=O)NC(=O)/C(=C/c3cc(Cl)c(OCc4cccc([N+](=O)[O-])c4)c(OC)c3)C2=O)cc1. The highest BCUT2D eigenvalue weighted by atomic mass is 35.5. The van der Waals surface area contributed by atoms with Gasteiger partial charge in [-0.3, -0.25) is 25.0 Å². The number of hydrogen-bond acceptors (Lipinski definition) is 7. The maximum Gasteiger partial charge on any atom is 0.335 e. The minimum atomic E-state index is -0.845. The number of methoxy groups -OCH3 is 1. The standard InChI is InChI=1S/C27H22ClN3O7/c1-3-16-7-9-19(10-8-16)30-26(33)21(25(32)29-27(30)34)12-18-13-22(28)24(23(14-18)37-2)38-15-17-5-4-6-20(11-17)31(35)36/h4-14H,3,15H2,1-2H3,(H,29,32,34)/b21-12-. The molecular formula is C27H22ClN3O7. The van der Waals surface area contributed by atoms with E-state index in [1.807, 2.05) is 6.92 Å². The van der Waals surface area contributed by atoms with Crippen molar-refractivity contribution in [2.75, 3.05) is 12.0 Å². The van der Waals surface area contributed by atoms with Gasteiger partial charge >= 0.3 is 6.03 Å². The number of nitrogens with zero attached hydrogens (tertiary/aromatic N) is 2. The summed E-state index contributed by atoms with van der Waals surface area (Å²) in [5, 5.41) is 13.3. The molecule has 1 fully saturated rings. The number of imide groups is 2. The van der Waals surface area contributed by atoms with E-state index >= 15 is 0 Å². The summed E-state index contributed by atoms with van der Waals surface area (Å²) in [4.78, 5) is 49.6. The first-order valence-electron chi connectivity index (χ1n) is 11.5. The molecule has 0 aliphatic carbocycles. The Morgan fingerprint density at radius 2 is 1.79 bits per heavy atom. The monoisotopic (exact) mass is 535 g/mol. The second-order valence-corrected chi connectivity index (χ2v) is 8.63. The van der Waals surface area contributed by atoms with Crippen LogP contribution in [0.5, 0.6) is 11.5 Å². The highest BCUT2D eigenvalue weighted by molar-refractivity contribution is 6.39. The van der Waals surface area contributed by atoms with Crippen molar-refractivity contribution in [1.82, 2.24) is 5.32 Å². The molecule has 194 valence electrons. The summed E-state index contributed by atoms with van der Waals surface area (Å²) in [5.74, 6) is -1.25. The number of benzene rings is 3. The molecular weight excluding hydrogens is 514 g/mol. The molecule has 3 aromatic rings. The van der Waals surface area contributed by atoms with Crippen LogP contribution in [-0.4, -0.2) is 29.9 Å². The molecule has 38 heavy (non-hydrogen) atoms. The Hall–Kier alpha value is -4.70. The molecule has 0 bridgehead atoms. The van der Waals surface area contributed by atoms with Crippen molar-refractivity contribution >= 4 is 46.9 Å². The number of hydrogen-bond donors (Lipinski definition) is 1. The molecule has 0 spiro atoms. The predicted molar refractivity (Wildman–Crippen MR) is 140 cm³/mol. The molecule has 0 radical (unpaired) electrons. The molecule has 1 saturated heterocycles. The van der Waals surface area contributed by atoms with Crippen LogP contribution in [-0.2, 0) is 22.6 Å². The van der Waals surface area contributed by atoms with Gasteiger partial charge in [-0.1, -0.05) is 42.8 Å². The van der Waals surface area contributed by atoms with Crippen LogP contribution < -0.4 is 19.7 Å². The fourth-order valence-electron chi connectivity index (χ4n) is 3.82. The van der Waals surface area contributed by atoms with Crippen LogP contribution in [0.4, 0.5) is 16.2 Å². The number of carbonyl (C=O) groups excluding carboxylic acids is 3. The van der Waals surface area contributed by atoms with Crippen molar-refractivity contribution < 1.29 is 28.8 Å². The normalized spacial score (nSPS) is 14.4. The minimum Gasteiger partial charge on any atom is -0.493 e. The van der Waals surface area contributed by atoms with E-state index < -0.39 is 22.8 Å². The van der Waals surface area contributed by atoms with Crippen molar-refractivity contribution in [2.24, 2.45) is 0 Å². The number of nitro groups is 1. The molecule has 0 atom stereocenters. The van der Waals surface area contributed by atoms with Crippen LogP contribution in [0, 0.1) is 10.1 Å². The zero-order chi connectivity index (χ0) is 27.4. The van der Waals surface area contributed by atoms with Gasteiger partial charge in [0.05, 0.1) is 22.7 Å². The van der Waals surface area contributed by atoms with Gasteiger partial charge in [0.2, 0.25) is 0 Å². The average molecular weight is 536 g/mol. The second-order valence-electron chi connectivity index (χ2n) is 8.23. The first-order chi connectivity index (χ1) is 18.2. The Bertz CT molecular complexity index is 1470. The molecule has 1 N–H and O–H groups in total. The van der Waals surface area contributed by atoms with E-state index in [1.165, 1.54) is 37.5 Å². The van der Waals surface area contributed by atoms with E-state index in [1.54, 1.807) is 36.4 Å². The number of non-ortho nitro benzene ring substituents is 1. The lowest BCUT2D eigenvalue weighted by atomic mass is 10.1. The fraction of sp³-hybridized carbons (Fsp3) is 0.148. The van der Waals surface area contributed by atoms with Crippen LogP contribution in [0.2, 0.25) is 5.02 Å². The van der Waals surface area contributed by atoms with Gasteiger partial charge in [-0.15, -0.1) is 0 Å². The Morgan fingerprint density at radius 3 is 2.45 bits per heavy atom. The number of anilines is 1. The smallest absolute Gasteiger partial charge is 0.335 e. The zero-order valence-corrected chi connectivity index (χ0v) is 21.2. The summed E-state index contributed by atoms with van der Waals surface area (Å²) >= 11 is 6.44. The van der Waals surface area contributed by atoms with Crippen molar-refractivity contribution in [3.05, 3.63) is 98.1 Å². The molecule has 4 rings (SSSR count). The zero-order valence-electron chi connectivity index (χ0n) is 20.4. The molecule has 10 nitrogen and oxygen atoms in total. The Labute approximate surface area is 222 Å². The van der Waals surface area contributed by atoms with Crippen LogP contribution in [0.15, 0.2) is 66.2 Å². The van der Waals surface area contributed by atoms with Gasteiger partial charge in [-0.2, -0.15) is 0 Å². The second kappa shape index (κ2) is 11.1. The van der Waals surface area contributed by atoms with E-state index in [2.05, 4.69) is 5.32 Å². The highest BCUT2D eigenvalue weighted by Gasteiger charge is 2.36. The summed E-state index contributed by atoms with van der Waals surface area (Å²) < 4.78 is 11.2. The lowest BCUT2D eigenvalue weighted by Gasteiger charge is -2.26. The maximum atomic E-state index is 13.2. The van der Waals surface area contributed by atoms with Crippen LogP contribution in [0.1, 0.15) is 23.6 Å². The number of urea groups is 1. The van der Waals surface area contributed by atoms with Crippen molar-refractivity contribution in [1.29, 1.82) is 0 Å². The first-order valence-corrected chi connectivity index (χ1v) is 11.8. The van der Waals surface area contributed by atoms with E-state index in [-0.39, 0.29) is 34.4 Å². The quantitative estimate of drug-likeness (QED) is 0.185. The number of ether oxygens (including phenoxy) is 2. The van der Waals surface area contributed by atoms with Gasteiger partial charge < -0.3 is 9.47 Å². The van der Waals surface area contributed by atoms with E-state index in [0.29, 0.717) is 16.8 Å². The van der Waals surface area contributed by atoms with Crippen molar-refractivity contribution in [3.8, 4) is 11.5 Å². The predicted octanol–water partition coefficient (Wildman–Crippen LogP) is 5.06. The van der Waals surface area contributed by atoms with Gasteiger partial charge in [-0.05, 0) is 53.5 Å². The van der Waals surface area contributed by atoms with Crippen LogP contribution >= 0.6 is 11.6 Å². The molecule has 1 heterocycles. The van der Waals surface area contributed by atoms with Crippen molar-refractivity contribution in [3.63, 3.8) is 0 Å². The summed E-state index contributed by atoms with van der Waals surface area (Å²) in [7, 11) is 1.39. The molecule has 11 heteroatoms. The Kier molecular flexibility index (Phi) is 7.73. The van der Waals surface area contributed by atoms with E-state index in [4.69, 9.17) is 21.1 Å². The molecule has 3 aromatic carbocycles. The van der Waals surface area contributed by atoms with Gasteiger partial charge in [0, 0.05) is 12.1 Å². The third-order valence-corrected chi connectivity index (χ3v) is 6.05. The molecule has 0 unspecified atom stereocenters. The summed E-state index contributed by atoms with van der Waals surface area (Å²) in [5.41, 5.74) is 1.90. The number of carbonyl (C=O) groups is 3. The average Bonchev–Trinajstić information content (AvgIpc) is 2.90. The lowest BCUT2D eigenvalue weighted by molar-refractivity contribution is -0.384. The number of amides is 4. The summed E-state index contributed by atoms with van der Waals surface area (Å²) in [6.07, 6.45) is 2.09. The van der Waals surface area contributed by atoms with E-state index in [9.17, 15) is 24.5 Å². The molecule has 0 saturated carbocycles. The van der Waals surface area contributed by atoms with Crippen LogP contribution in [0.3, 0.4) is 0 Å². The number of halogens is 1. The molecule has 1 aliphatic heterocycles. The number of barbiturate groups is 1. The van der Waals surface area contributed by atoms with Gasteiger partial charge in [0.15, 0.2) is 11.5 Å². The van der Waals surface area contributed by atoms with Crippen molar-refractivity contribution in [2.45, 2.75) is 20.0 Å². The third-order valence-electron chi connectivity index (χ3n) is 5.77. The fourth-order valence-corrected chi connectivity index (χ4v) is 4.09. The highest BCUT2D eigenvalue weighted by Crippen LogP contribution is 2.38. The van der Waals surface area contributed by atoms with Gasteiger partial charge in [-0.25, -0.2) is 9.69 Å². The molecule has 1 aliphatic rings. The first kappa shape index (κ1) is 26.4. The largest absolute Gasteiger partial charge is 0.493 e. The minimum absolute atomic E-state index is 0.0209. The summed E-state index contributed by atoms with van der Waals surface area (Å²) in [6.45, 7) is 1.96. The third kappa shape index (κ3) is 5.50. The number of nitrogens with one attached hydrogen (secondary N) is 1. The van der Waals surface area contributed by atoms with Crippen LogP contribution in [0.25, 0.3) is 6.08 Å². The Morgan fingerprint density at radius 1 is 1.05 bits per heavy atom. The number of nitro benzene ring substituents is 1. The summed E-state index contributed by atoms with van der Waals surface area (Å²) in [6, 6.07) is 15.0. The van der Waals surface area contributed by atoms with Gasteiger partial charge in [0.25, 0.3) is 17.5 Å². The number of aryl methyl sites for hydroxylation is 1. The lowest BCUT2D eigenvalue weighted by Crippen LogP contribution is -2.54. The molecule has 0 aromatic heterocycles. The topological polar surface area (TPSA) is 128 Å². The Balaban J connectivity index is 1.61.